The van der Waals surface area contributed by atoms with Gasteiger partial charge in [-0.15, -0.1) is 0 Å². The van der Waals surface area contributed by atoms with E-state index < -0.39 is 9.84 Å². The standard InChI is InChI=1S/C15H24BrNO2S/c1-4-12-20(18,19)15-9-6-5-8-14(15)17(13(2)3)11-7-10-16/h5-6,8-9,13H,4,7,10-12H2,1-3H3. The Bertz CT molecular complexity index is 514. The lowest BCUT2D eigenvalue weighted by Gasteiger charge is -2.30. The molecule has 0 N–H and O–H groups in total. The number of benzene rings is 1. The van der Waals surface area contributed by atoms with Crippen molar-refractivity contribution in [1.82, 2.24) is 0 Å². The second-order valence-corrected chi connectivity index (χ2v) is 7.99. The Kier molecular flexibility index (Phi) is 7.03. The molecule has 114 valence electrons. The van der Waals surface area contributed by atoms with Crippen LogP contribution in [0.15, 0.2) is 29.2 Å². The van der Waals surface area contributed by atoms with Crippen LogP contribution in [-0.4, -0.2) is 32.1 Å². The second kappa shape index (κ2) is 8.03. The Labute approximate surface area is 131 Å². The Balaban J connectivity index is 3.22. The maximum absolute atomic E-state index is 12.4. The summed E-state index contributed by atoms with van der Waals surface area (Å²) in [7, 11) is -3.20. The molecule has 0 atom stereocenters. The molecular weight excluding hydrogens is 338 g/mol. The summed E-state index contributed by atoms with van der Waals surface area (Å²) in [5, 5.41) is 0.917. The molecule has 0 saturated heterocycles. The summed E-state index contributed by atoms with van der Waals surface area (Å²) >= 11 is 3.44. The average Bonchev–Trinajstić information content (AvgIpc) is 2.39. The van der Waals surface area contributed by atoms with Crippen LogP contribution in [0.5, 0.6) is 0 Å². The maximum atomic E-state index is 12.4. The number of nitrogens with zero attached hydrogens (tertiary/aromatic N) is 1. The normalized spacial score (nSPS) is 11.8. The summed E-state index contributed by atoms with van der Waals surface area (Å²) in [5.74, 6) is 0.203. The van der Waals surface area contributed by atoms with Crippen molar-refractivity contribution in [2.24, 2.45) is 0 Å². The molecule has 0 heterocycles. The third-order valence-corrected chi connectivity index (χ3v) is 5.66. The summed E-state index contributed by atoms with van der Waals surface area (Å²) in [6, 6.07) is 7.62. The van der Waals surface area contributed by atoms with Gasteiger partial charge >= 0.3 is 0 Å². The molecule has 0 unspecified atom stereocenters. The van der Waals surface area contributed by atoms with Crippen LogP contribution in [0.3, 0.4) is 0 Å². The van der Waals surface area contributed by atoms with Crippen LogP contribution in [0, 0.1) is 0 Å². The SMILES string of the molecule is CCCS(=O)(=O)c1ccccc1N(CCCBr)C(C)C. The molecule has 0 spiro atoms. The molecule has 0 aromatic heterocycles. The Morgan fingerprint density at radius 2 is 1.90 bits per heavy atom. The van der Waals surface area contributed by atoms with Gasteiger partial charge in [-0.05, 0) is 38.8 Å². The minimum absolute atomic E-state index is 0.203. The number of alkyl halides is 1. The molecule has 0 aliphatic heterocycles. The Hall–Kier alpha value is -0.550. The predicted octanol–water partition coefficient (Wildman–Crippen LogP) is 3.87. The van der Waals surface area contributed by atoms with Crippen molar-refractivity contribution < 1.29 is 8.42 Å². The summed E-state index contributed by atoms with van der Waals surface area (Å²) in [6.45, 7) is 6.93. The molecular formula is C15H24BrNO2S. The zero-order chi connectivity index (χ0) is 15.2. The minimum atomic E-state index is -3.20. The van der Waals surface area contributed by atoms with Gasteiger partial charge < -0.3 is 4.90 Å². The molecule has 0 amide bonds. The number of para-hydroxylation sites is 1. The predicted molar refractivity (Wildman–Crippen MR) is 89.7 cm³/mol. The maximum Gasteiger partial charge on any atom is 0.180 e. The van der Waals surface area contributed by atoms with Gasteiger partial charge in [-0.1, -0.05) is 35.0 Å². The number of hydrogen-bond donors (Lipinski definition) is 0. The largest absolute Gasteiger partial charge is 0.368 e. The lowest BCUT2D eigenvalue weighted by molar-refractivity contribution is 0.592. The van der Waals surface area contributed by atoms with Crippen molar-refractivity contribution in [1.29, 1.82) is 0 Å². The first kappa shape index (κ1) is 17.5. The van der Waals surface area contributed by atoms with Crippen molar-refractivity contribution in [2.45, 2.75) is 44.6 Å². The number of anilines is 1. The van der Waals surface area contributed by atoms with E-state index in [0.29, 0.717) is 11.3 Å². The monoisotopic (exact) mass is 361 g/mol. The van der Waals surface area contributed by atoms with E-state index in [1.54, 1.807) is 12.1 Å². The van der Waals surface area contributed by atoms with Crippen LogP contribution >= 0.6 is 15.9 Å². The number of rotatable bonds is 8. The smallest absolute Gasteiger partial charge is 0.180 e. The van der Waals surface area contributed by atoms with E-state index in [4.69, 9.17) is 0 Å². The van der Waals surface area contributed by atoms with Crippen molar-refractivity contribution >= 4 is 31.5 Å². The highest BCUT2D eigenvalue weighted by Gasteiger charge is 2.22. The third kappa shape index (κ3) is 4.48. The lowest BCUT2D eigenvalue weighted by Crippen LogP contribution is -2.33. The molecule has 0 bridgehead atoms. The first-order valence-electron chi connectivity index (χ1n) is 7.08. The van der Waals surface area contributed by atoms with Crippen molar-refractivity contribution in [2.75, 3.05) is 22.5 Å². The number of halogens is 1. The molecule has 3 nitrogen and oxygen atoms in total. The fraction of sp³-hybridized carbons (Fsp3) is 0.600. The molecule has 1 aromatic carbocycles. The topological polar surface area (TPSA) is 37.4 Å². The van der Waals surface area contributed by atoms with Crippen LogP contribution in [0.25, 0.3) is 0 Å². The zero-order valence-electron chi connectivity index (χ0n) is 12.5. The molecule has 1 rings (SSSR count). The van der Waals surface area contributed by atoms with Crippen LogP contribution in [0.1, 0.15) is 33.6 Å². The van der Waals surface area contributed by atoms with Crippen molar-refractivity contribution in [3.63, 3.8) is 0 Å². The molecule has 0 aliphatic rings. The van der Waals surface area contributed by atoms with E-state index in [-0.39, 0.29) is 11.8 Å². The number of sulfone groups is 1. The van der Waals surface area contributed by atoms with E-state index in [2.05, 4.69) is 34.7 Å². The molecule has 0 aliphatic carbocycles. The molecule has 0 saturated carbocycles. The summed E-state index contributed by atoms with van der Waals surface area (Å²) in [6.07, 6.45) is 1.63. The zero-order valence-corrected chi connectivity index (χ0v) is 14.9. The summed E-state index contributed by atoms with van der Waals surface area (Å²) in [5.41, 5.74) is 0.830. The van der Waals surface area contributed by atoms with Gasteiger partial charge in [0.25, 0.3) is 0 Å². The highest BCUT2D eigenvalue weighted by Crippen LogP contribution is 2.28. The van der Waals surface area contributed by atoms with Crippen LogP contribution < -0.4 is 4.90 Å². The molecule has 1 aromatic rings. The van der Waals surface area contributed by atoms with E-state index in [0.717, 1.165) is 24.0 Å². The summed E-state index contributed by atoms with van der Waals surface area (Å²) in [4.78, 5) is 2.63. The second-order valence-electron chi connectivity index (χ2n) is 5.12. The molecule has 0 fully saturated rings. The van der Waals surface area contributed by atoms with Gasteiger partial charge in [-0.2, -0.15) is 0 Å². The Morgan fingerprint density at radius 1 is 1.25 bits per heavy atom. The van der Waals surface area contributed by atoms with E-state index in [1.807, 2.05) is 19.1 Å². The average molecular weight is 362 g/mol. The summed E-state index contributed by atoms with van der Waals surface area (Å²) < 4.78 is 24.8. The minimum Gasteiger partial charge on any atom is -0.368 e. The molecule has 20 heavy (non-hydrogen) atoms. The number of hydrogen-bond acceptors (Lipinski definition) is 3. The van der Waals surface area contributed by atoms with Gasteiger partial charge in [0.2, 0.25) is 0 Å². The van der Waals surface area contributed by atoms with Gasteiger partial charge in [0, 0.05) is 17.9 Å². The van der Waals surface area contributed by atoms with Crippen molar-refractivity contribution in [3.05, 3.63) is 24.3 Å². The van der Waals surface area contributed by atoms with Gasteiger partial charge in [0.1, 0.15) is 0 Å². The highest BCUT2D eigenvalue weighted by molar-refractivity contribution is 9.09. The fourth-order valence-electron chi connectivity index (χ4n) is 2.22. The van der Waals surface area contributed by atoms with Gasteiger partial charge in [0.05, 0.1) is 16.3 Å². The van der Waals surface area contributed by atoms with Crippen LogP contribution in [-0.2, 0) is 9.84 Å². The van der Waals surface area contributed by atoms with Gasteiger partial charge in [-0.25, -0.2) is 8.42 Å². The van der Waals surface area contributed by atoms with E-state index in [1.165, 1.54) is 0 Å². The Morgan fingerprint density at radius 3 is 2.45 bits per heavy atom. The molecule has 0 radical (unpaired) electrons. The van der Waals surface area contributed by atoms with Gasteiger partial charge in [0.15, 0.2) is 9.84 Å². The van der Waals surface area contributed by atoms with Crippen LogP contribution in [0.2, 0.25) is 0 Å². The first-order valence-corrected chi connectivity index (χ1v) is 9.85. The first-order chi connectivity index (χ1) is 9.44. The molecule has 5 heteroatoms. The fourth-order valence-corrected chi connectivity index (χ4v) is 4.02. The van der Waals surface area contributed by atoms with E-state index in [9.17, 15) is 8.42 Å². The quantitative estimate of drug-likeness (QED) is 0.659. The third-order valence-electron chi connectivity index (χ3n) is 3.14. The van der Waals surface area contributed by atoms with Gasteiger partial charge in [-0.3, -0.25) is 0 Å². The highest BCUT2D eigenvalue weighted by atomic mass is 79.9. The van der Waals surface area contributed by atoms with Crippen molar-refractivity contribution in [3.8, 4) is 0 Å². The van der Waals surface area contributed by atoms with E-state index >= 15 is 0 Å². The van der Waals surface area contributed by atoms with Crippen LogP contribution in [0.4, 0.5) is 5.69 Å². The lowest BCUT2D eigenvalue weighted by atomic mass is 10.2.